The number of hydrogen-bond donors (Lipinski definition) is 2. The van der Waals surface area contributed by atoms with Gasteiger partial charge in [0.1, 0.15) is 0 Å². The van der Waals surface area contributed by atoms with Gasteiger partial charge in [-0.15, -0.1) is 11.3 Å². The number of anilines is 1. The third-order valence-electron chi connectivity index (χ3n) is 1.79. The van der Waals surface area contributed by atoms with E-state index in [2.05, 4.69) is 10.3 Å². The Morgan fingerprint density at radius 3 is 3.15 bits per heavy atom. The lowest BCUT2D eigenvalue weighted by Crippen LogP contribution is -2.02. The highest BCUT2D eigenvalue weighted by atomic mass is 32.1. The van der Waals surface area contributed by atoms with E-state index in [0.717, 1.165) is 5.13 Å². The zero-order valence-corrected chi connectivity index (χ0v) is 7.80. The summed E-state index contributed by atoms with van der Waals surface area (Å²) in [6.07, 6.45) is 2.42. The van der Waals surface area contributed by atoms with Crippen molar-refractivity contribution in [1.82, 2.24) is 4.98 Å². The summed E-state index contributed by atoms with van der Waals surface area (Å²) in [6, 6.07) is 0.573. The zero-order valence-electron chi connectivity index (χ0n) is 6.99. The number of nitrogens with one attached hydrogen (secondary N) is 1. The van der Waals surface area contributed by atoms with Crippen LogP contribution in [-0.2, 0) is 11.2 Å². The Morgan fingerprint density at radius 1 is 1.77 bits per heavy atom. The fourth-order valence-electron chi connectivity index (χ4n) is 1.01. The van der Waals surface area contributed by atoms with Gasteiger partial charge in [-0.1, -0.05) is 0 Å². The first-order valence-electron chi connectivity index (χ1n) is 4.17. The van der Waals surface area contributed by atoms with Gasteiger partial charge in [-0.2, -0.15) is 0 Å². The molecule has 0 aromatic carbocycles. The molecule has 2 N–H and O–H groups in total. The predicted molar refractivity (Wildman–Crippen MR) is 50.1 cm³/mol. The summed E-state index contributed by atoms with van der Waals surface area (Å²) in [6.45, 7) is 0. The van der Waals surface area contributed by atoms with Crippen LogP contribution in [0.2, 0.25) is 0 Å². The first-order valence-corrected chi connectivity index (χ1v) is 5.05. The molecule has 0 radical (unpaired) electrons. The van der Waals surface area contributed by atoms with Gasteiger partial charge in [0, 0.05) is 11.4 Å². The van der Waals surface area contributed by atoms with Gasteiger partial charge in [-0.3, -0.25) is 4.79 Å². The Kier molecular flexibility index (Phi) is 2.18. The summed E-state index contributed by atoms with van der Waals surface area (Å²) in [4.78, 5) is 14.5. The van der Waals surface area contributed by atoms with Gasteiger partial charge in [-0.25, -0.2) is 4.98 Å². The number of carbonyl (C=O) groups is 1. The van der Waals surface area contributed by atoms with Crippen LogP contribution in [0.3, 0.4) is 0 Å². The molecular weight excluding hydrogens is 188 g/mol. The van der Waals surface area contributed by atoms with E-state index in [4.69, 9.17) is 5.11 Å². The second-order valence-electron chi connectivity index (χ2n) is 3.13. The van der Waals surface area contributed by atoms with E-state index in [1.54, 1.807) is 5.38 Å². The molecule has 1 aromatic rings. The molecule has 0 atom stereocenters. The molecule has 1 heterocycles. The lowest BCUT2D eigenvalue weighted by Gasteiger charge is -1.95. The Hall–Kier alpha value is -1.10. The molecule has 0 spiro atoms. The molecule has 5 heteroatoms. The van der Waals surface area contributed by atoms with Crippen LogP contribution >= 0.6 is 11.3 Å². The average Bonchev–Trinajstić information content (AvgIpc) is 2.73. The predicted octanol–water partition coefficient (Wildman–Crippen LogP) is 1.34. The number of rotatable bonds is 4. The van der Waals surface area contributed by atoms with Crippen molar-refractivity contribution in [3.8, 4) is 0 Å². The monoisotopic (exact) mass is 198 g/mol. The smallest absolute Gasteiger partial charge is 0.309 e. The molecule has 1 saturated carbocycles. The first kappa shape index (κ1) is 8.50. The van der Waals surface area contributed by atoms with Crippen molar-refractivity contribution in [3.05, 3.63) is 11.1 Å². The third-order valence-corrected chi connectivity index (χ3v) is 2.61. The highest BCUT2D eigenvalue weighted by Gasteiger charge is 2.22. The van der Waals surface area contributed by atoms with E-state index >= 15 is 0 Å². The molecule has 1 fully saturated rings. The van der Waals surface area contributed by atoms with Crippen molar-refractivity contribution >= 4 is 22.4 Å². The second-order valence-corrected chi connectivity index (χ2v) is 3.99. The maximum Gasteiger partial charge on any atom is 0.309 e. The van der Waals surface area contributed by atoms with Crippen molar-refractivity contribution in [2.24, 2.45) is 0 Å². The van der Waals surface area contributed by atoms with Gasteiger partial charge in [0.2, 0.25) is 0 Å². The van der Waals surface area contributed by atoms with Crippen LogP contribution in [0.25, 0.3) is 0 Å². The fourth-order valence-corrected chi connectivity index (χ4v) is 1.80. The van der Waals surface area contributed by atoms with E-state index in [1.807, 2.05) is 0 Å². The molecule has 13 heavy (non-hydrogen) atoms. The molecule has 1 aliphatic carbocycles. The highest BCUT2D eigenvalue weighted by Crippen LogP contribution is 2.26. The van der Waals surface area contributed by atoms with Crippen molar-refractivity contribution in [3.63, 3.8) is 0 Å². The van der Waals surface area contributed by atoms with Gasteiger partial charge in [-0.05, 0) is 12.8 Å². The Labute approximate surface area is 79.6 Å². The first-order chi connectivity index (χ1) is 6.24. The molecule has 0 unspecified atom stereocenters. The van der Waals surface area contributed by atoms with Crippen molar-refractivity contribution in [1.29, 1.82) is 0 Å². The van der Waals surface area contributed by atoms with Crippen LogP contribution in [0.1, 0.15) is 18.5 Å². The normalized spacial score (nSPS) is 15.7. The summed E-state index contributed by atoms with van der Waals surface area (Å²) in [5.74, 6) is -0.830. The molecule has 0 amide bonds. The number of aliphatic carboxylic acids is 1. The Bertz CT molecular complexity index is 320. The minimum Gasteiger partial charge on any atom is -0.481 e. The van der Waals surface area contributed by atoms with Crippen LogP contribution in [0.4, 0.5) is 5.13 Å². The van der Waals surface area contributed by atoms with E-state index in [1.165, 1.54) is 24.2 Å². The summed E-state index contributed by atoms with van der Waals surface area (Å²) in [7, 11) is 0. The second kappa shape index (κ2) is 3.33. The van der Waals surface area contributed by atoms with Crippen LogP contribution < -0.4 is 5.32 Å². The lowest BCUT2D eigenvalue weighted by molar-refractivity contribution is -0.136. The van der Waals surface area contributed by atoms with Crippen molar-refractivity contribution in [2.45, 2.75) is 25.3 Å². The molecular formula is C8H10N2O2S. The van der Waals surface area contributed by atoms with Gasteiger partial charge in [0.15, 0.2) is 5.13 Å². The molecule has 0 aliphatic heterocycles. The molecule has 1 aliphatic rings. The minimum atomic E-state index is -0.830. The average molecular weight is 198 g/mol. The SMILES string of the molecule is O=C(O)Cc1csc(NC2CC2)n1. The molecule has 70 valence electrons. The molecule has 0 saturated heterocycles. The maximum absolute atomic E-state index is 10.4. The van der Waals surface area contributed by atoms with Crippen LogP contribution in [0.5, 0.6) is 0 Å². The maximum atomic E-state index is 10.4. The fraction of sp³-hybridized carbons (Fsp3) is 0.500. The van der Waals surface area contributed by atoms with Crippen LogP contribution in [0, 0.1) is 0 Å². The lowest BCUT2D eigenvalue weighted by atomic mass is 10.3. The van der Waals surface area contributed by atoms with Crippen molar-refractivity contribution < 1.29 is 9.90 Å². The van der Waals surface area contributed by atoms with E-state index in [9.17, 15) is 4.79 Å². The topological polar surface area (TPSA) is 62.2 Å². The van der Waals surface area contributed by atoms with Gasteiger partial charge < -0.3 is 10.4 Å². The molecule has 4 nitrogen and oxygen atoms in total. The van der Waals surface area contributed by atoms with Crippen LogP contribution in [-0.4, -0.2) is 22.1 Å². The largest absolute Gasteiger partial charge is 0.481 e. The highest BCUT2D eigenvalue weighted by molar-refractivity contribution is 7.13. The molecule has 2 rings (SSSR count). The minimum absolute atomic E-state index is 0.0167. The molecule has 1 aromatic heterocycles. The van der Waals surface area contributed by atoms with Gasteiger partial charge in [0.05, 0.1) is 12.1 Å². The zero-order chi connectivity index (χ0) is 9.26. The standard InChI is InChI=1S/C8H10N2O2S/c11-7(12)3-6-4-13-8(10-6)9-5-1-2-5/h4-5H,1-3H2,(H,9,10)(H,11,12). The number of thiazole rings is 1. The number of hydrogen-bond acceptors (Lipinski definition) is 4. The van der Waals surface area contributed by atoms with Gasteiger partial charge >= 0.3 is 5.97 Å². The summed E-state index contributed by atoms with van der Waals surface area (Å²) < 4.78 is 0. The Morgan fingerprint density at radius 2 is 2.54 bits per heavy atom. The van der Waals surface area contributed by atoms with E-state index < -0.39 is 5.97 Å². The van der Waals surface area contributed by atoms with E-state index in [-0.39, 0.29) is 6.42 Å². The number of carboxylic acid groups (broad SMARTS) is 1. The summed E-state index contributed by atoms with van der Waals surface area (Å²) in [5.41, 5.74) is 0.639. The van der Waals surface area contributed by atoms with Crippen LogP contribution in [0.15, 0.2) is 5.38 Å². The van der Waals surface area contributed by atoms with E-state index in [0.29, 0.717) is 11.7 Å². The summed E-state index contributed by atoms with van der Waals surface area (Å²) in [5, 5.41) is 14.4. The summed E-state index contributed by atoms with van der Waals surface area (Å²) >= 11 is 1.47. The number of nitrogens with zero attached hydrogens (tertiary/aromatic N) is 1. The van der Waals surface area contributed by atoms with Crippen molar-refractivity contribution in [2.75, 3.05) is 5.32 Å². The number of carboxylic acids is 1. The van der Waals surface area contributed by atoms with Gasteiger partial charge in [0.25, 0.3) is 0 Å². The molecule has 0 bridgehead atoms. The number of aromatic nitrogens is 1. The Balaban J connectivity index is 1.95. The third kappa shape index (κ3) is 2.42. The quantitative estimate of drug-likeness (QED) is 0.766.